The topological polar surface area (TPSA) is 131 Å². The van der Waals surface area contributed by atoms with Crippen LogP contribution < -0.4 is 14.9 Å². The molecule has 1 aliphatic heterocycles. The molecule has 2 N–H and O–H groups in total. The number of amides is 2. The van der Waals surface area contributed by atoms with E-state index in [1.807, 2.05) is 4.72 Å². The Morgan fingerprint density at radius 1 is 1.32 bits per heavy atom. The van der Waals surface area contributed by atoms with Crippen molar-refractivity contribution in [3.8, 4) is 0 Å². The third-order valence-electron chi connectivity index (χ3n) is 3.44. The van der Waals surface area contributed by atoms with Crippen LogP contribution in [0.3, 0.4) is 0 Å². The van der Waals surface area contributed by atoms with E-state index in [-0.39, 0.29) is 16.6 Å². The van der Waals surface area contributed by atoms with Crippen molar-refractivity contribution in [2.75, 3.05) is 31.2 Å². The van der Waals surface area contributed by atoms with E-state index < -0.39 is 21.0 Å². The van der Waals surface area contributed by atoms with Crippen LogP contribution >= 0.6 is 0 Å². The molecule has 2 rings (SSSR count). The number of nitrogens with one attached hydrogen (secondary N) is 2. The molecule has 11 heteroatoms. The molecule has 1 heterocycles. The molecule has 2 amide bonds. The molecule has 138 valence electrons. The molecule has 0 aliphatic carbocycles. The van der Waals surface area contributed by atoms with Crippen LogP contribution in [-0.4, -0.2) is 51.7 Å². The number of non-ortho nitro benzene ring substituents is 1. The molecular weight excluding hydrogens is 352 g/mol. The second-order valence-electron chi connectivity index (χ2n) is 5.74. The number of rotatable bonds is 5. The van der Waals surface area contributed by atoms with Gasteiger partial charge in [-0.15, -0.1) is 0 Å². The van der Waals surface area contributed by atoms with Crippen LogP contribution in [0.2, 0.25) is 0 Å². The number of nitro benzene ring substituents is 1. The lowest BCUT2D eigenvalue weighted by Crippen LogP contribution is -2.43. The zero-order valence-electron chi connectivity index (χ0n) is 13.9. The van der Waals surface area contributed by atoms with E-state index in [1.54, 1.807) is 18.7 Å². The first-order valence-corrected chi connectivity index (χ1v) is 9.13. The first kappa shape index (κ1) is 18.9. The van der Waals surface area contributed by atoms with Crippen molar-refractivity contribution in [1.82, 2.24) is 10.0 Å². The van der Waals surface area contributed by atoms with Crippen LogP contribution in [0.4, 0.5) is 16.2 Å². The van der Waals surface area contributed by atoms with Gasteiger partial charge in [-0.3, -0.25) is 10.1 Å². The molecule has 0 atom stereocenters. The molecule has 0 unspecified atom stereocenters. The second kappa shape index (κ2) is 7.66. The molecule has 1 aliphatic rings. The van der Waals surface area contributed by atoms with E-state index >= 15 is 0 Å². The quantitative estimate of drug-likeness (QED) is 0.578. The molecule has 0 aromatic heterocycles. The molecular formula is C14H20N4O6S. The SMILES string of the molecule is CC(C)NC(=O)NS(=O)(=O)c1cc([N+](=O)[O-])ccc1N1CCOCC1. The number of hydrogen-bond donors (Lipinski definition) is 2. The van der Waals surface area contributed by atoms with Gasteiger partial charge in [-0.2, -0.15) is 0 Å². The lowest BCUT2D eigenvalue weighted by Gasteiger charge is -2.30. The monoisotopic (exact) mass is 372 g/mol. The van der Waals surface area contributed by atoms with Crippen LogP contribution in [0.5, 0.6) is 0 Å². The Morgan fingerprint density at radius 3 is 2.52 bits per heavy atom. The van der Waals surface area contributed by atoms with E-state index in [1.165, 1.54) is 12.1 Å². The Morgan fingerprint density at radius 2 is 1.96 bits per heavy atom. The van der Waals surface area contributed by atoms with Crippen LogP contribution in [0.1, 0.15) is 13.8 Å². The van der Waals surface area contributed by atoms with Crippen molar-refractivity contribution in [2.45, 2.75) is 24.8 Å². The smallest absolute Gasteiger partial charge is 0.328 e. The van der Waals surface area contributed by atoms with E-state index in [0.29, 0.717) is 32.0 Å². The van der Waals surface area contributed by atoms with Gasteiger partial charge < -0.3 is 15.0 Å². The minimum absolute atomic E-state index is 0.265. The molecule has 1 fully saturated rings. The fourth-order valence-corrected chi connectivity index (χ4v) is 3.53. The number of hydrogen-bond acceptors (Lipinski definition) is 7. The van der Waals surface area contributed by atoms with Gasteiger partial charge in [0.15, 0.2) is 0 Å². The average Bonchev–Trinajstić information content (AvgIpc) is 2.53. The van der Waals surface area contributed by atoms with Crippen molar-refractivity contribution in [2.24, 2.45) is 0 Å². The molecule has 0 radical (unpaired) electrons. The highest BCUT2D eigenvalue weighted by Gasteiger charge is 2.27. The fraction of sp³-hybridized carbons (Fsp3) is 0.500. The summed E-state index contributed by atoms with van der Waals surface area (Å²) in [6.07, 6.45) is 0. The summed E-state index contributed by atoms with van der Waals surface area (Å²) in [4.78, 5) is 23.5. The normalized spacial score (nSPS) is 15.1. The van der Waals surface area contributed by atoms with Crippen molar-refractivity contribution < 1.29 is 22.9 Å². The van der Waals surface area contributed by atoms with Crippen LogP contribution in [0.15, 0.2) is 23.1 Å². The van der Waals surface area contributed by atoms with Gasteiger partial charge in [0.25, 0.3) is 15.7 Å². The van der Waals surface area contributed by atoms with Crippen molar-refractivity contribution in [1.29, 1.82) is 0 Å². The van der Waals surface area contributed by atoms with Crippen LogP contribution in [0.25, 0.3) is 0 Å². The molecule has 10 nitrogen and oxygen atoms in total. The molecule has 25 heavy (non-hydrogen) atoms. The number of nitrogens with zero attached hydrogens (tertiary/aromatic N) is 2. The van der Waals surface area contributed by atoms with Gasteiger partial charge in [0, 0.05) is 31.3 Å². The Labute approximate surface area is 145 Å². The number of carbonyl (C=O) groups excluding carboxylic acids is 1. The second-order valence-corrected chi connectivity index (χ2v) is 7.39. The van der Waals surface area contributed by atoms with E-state index in [2.05, 4.69) is 5.32 Å². The number of carbonyl (C=O) groups is 1. The number of anilines is 1. The van der Waals surface area contributed by atoms with Gasteiger partial charge in [-0.1, -0.05) is 0 Å². The maximum absolute atomic E-state index is 12.6. The summed E-state index contributed by atoms with van der Waals surface area (Å²) in [5.74, 6) is 0. The molecule has 1 aromatic carbocycles. The summed E-state index contributed by atoms with van der Waals surface area (Å²) in [5.41, 5.74) is -0.0830. The highest BCUT2D eigenvalue weighted by molar-refractivity contribution is 7.90. The van der Waals surface area contributed by atoms with Gasteiger partial charge in [0.1, 0.15) is 4.90 Å². The summed E-state index contributed by atoms with van der Waals surface area (Å²) >= 11 is 0. The maximum Gasteiger partial charge on any atom is 0.328 e. The number of sulfonamides is 1. The highest BCUT2D eigenvalue weighted by Crippen LogP contribution is 2.30. The minimum atomic E-state index is -4.29. The van der Waals surface area contributed by atoms with Gasteiger partial charge in [0.2, 0.25) is 0 Å². The van der Waals surface area contributed by atoms with Crippen molar-refractivity contribution in [3.63, 3.8) is 0 Å². The zero-order valence-corrected chi connectivity index (χ0v) is 14.7. The summed E-state index contributed by atoms with van der Waals surface area (Å²) < 4.78 is 32.3. The van der Waals surface area contributed by atoms with Crippen molar-refractivity contribution >= 4 is 27.4 Å². The Balaban J connectivity index is 2.42. The van der Waals surface area contributed by atoms with Gasteiger partial charge in [0.05, 0.1) is 23.8 Å². The number of morpholine rings is 1. The molecule has 0 bridgehead atoms. The summed E-state index contributed by atoms with van der Waals surface area (Å²) in [5, 5.41) is 13.4. The Bertz CT molecular complexity index is 759. The fourth-order valence-electron chi connectivity index (χ4n) is 2.37. The van der Waals surface area contributed by atoms with Crippen LogP contribution in [-0.2, 0) is 14.8 Å². The maximum atomic E-state index is 12.6. The Hall–Kier alpha value is -2.40. The minimum Gasteiger partial charge on any atom is -0.378 e. The summed E-state index contributed by atoms with van der Waals surface area (Å²) in [6, 6.07) is 2.40. The number of urea groups is 1. The molecule has 1 saturated heterocycles. The molecule has 0 saturated carbocycles. The third-order valence-corrected chi connectivity index (χ3v) is 4.80. The Kier molecular flexibility index (Phi) is 5.80. The van der Waals surface area contributed by atoms with E-state index in [4.69, 9.17) is 4.74 Å². The van der Waals surface area contributed by atoms with Gasteiger partial charge in [-0.05, 0) is 19.9 Å². The third kappa shape index (κ3) is 4.79. The first-order chi connectivity index (χ1) is 11.7. The number of nitro groups is 1. The van der Waals surface area contributed by atoms with E-state index in [0.717, 1.165) is 6.07 Å². The number of benzene rings is 1. The van der Waals surface area contributed by atoms with Crippen molar-refractivity contribution in [3.05, 3.63) is 28.3 Å². The van der Waals surface area contributed by atoms with E-state index in [9.17, 15) is 23.3 Å². The predicted molar refractivity (Wildman–Crippen MR) is 90.1 cm³/mol. The molecule has 1 aromatic rings. The van der Waals surface area contributed by atoms with Crippen LogP contribution in [0, 0.1) is 10.1 Å². The largest absolute Gasteiger partial charge is 0.378 e. The van der Waals surface area contributed by atoms with Gasteiger partial charge in [-0.25, -0.2) is 17.9 Å². The zero-order chi connectivity index (χ0) is 18.6. The predicted octanol–water partition coefficient (Wildman–Crippen LogP) is 0.828. The van der Waals surface area contributed by atoms with Gasteiger partial charge >= 0.3 is 6.03 Å². The standard InChI is InChI=1S/C14H20N4O6S/c1-10(2)15-14(19)16-25(22,23)13-9-11(18(20)21)3-4-12(13)17-5-7-24-8-6-17/h3-4,9-10H,5-8H2,1-2H3,(H2,15,16,19). The summed E-state index contributed by atoms with van der Waals surface area (Å²) in [6.45, 7) is 5.07. The summed E-state index contributed by atoms with van der Waals surface area (Å²) in [7, 11) is -4.29. The first-order valence-electron chi connectivity index (χ1n) is 7.65. The highest BCUT2D eigenvalue weighted by atomic mass is 32.2. The average molecular weight is 372 g/mol. The lowest BCUT2D eigenvalue weighted by molar-refractivity contribution is -0.385. The lowest BCUT2D eigenvalue weighted by atomic mass is 10.2. The molecule has 0 spiro atoms. The number of ether oxygens (including phenoxy) is 1.